The van der Waals surface area contributed by atoms with Gasteiger partial charge in [0.2, 0.25) is 5.91 Å². The molecule has 4 nitrogen and oxygen atoms in total. The van der Waals surface area contributed by atoms with E-state index in [1.165, 1.54) is 0 Å². The summed E-state index contributed by atoms with van der Waals surface area (Å²) in [5, 5.41) is 2.97. The summed E-state index contributed by atoms with van der Waals surface area (Å²) in [5.41, 5.74) is 7.93. The van der Waals surface area contributed by atoms with E-state index in [1.54, 1.807) is 0 Å². The molecule has 0 aliphatic heterocycles. The van der Waals surface area contributed by atoms with Crippen LogP contribution in [-0.2, 0) is 11.3 Å². The van der Waals surface area contributed by atoms with E-state index in [0.717, 1.165) is 17.7 Å². The van der Waals surface area contributed by atoms with E-state index in [1.807, 2.05) is 26.2 Å². The van der Waals surface area contributed by atoms with Crippen molar-refractivity contribution in [3.05, 3.63) is 29.8 Å². The van der Waals surface area contributed by atoms with Crippen LogP contribution in [0.1, 0.15) is 25.8 Å². The van der Waals surface area contributed by atoms with Gasteiger partial charge < -0.3 is 16.0 Å². The first kappa shape index (κ1) is 16.5. The van der Waals surface area contributed by atoms with Crippen molar-refractivity contribution in [2.45, 2.75) is 26.8 Å². The molecule has 1 aromatic carbocycles. The molecule has 1 atom stereocenters. The summed E-state index contributed by atoms with van der Waals surface area (Å²) in [6.45, 7) is 5.18. The van der Waals surface area contributed by atoms with Gasteiger partial charge in [-0.25, -0.2) is 0 Å². The average molecular weight is 277 g/mol. The fourth-order valence-electron chi connectivity index (χ4n) is 2.12. The zero-order chi connectivity index (χ0) is 15.1. The van der Waals surface area contributed by atoms with E-state index in [2.05, 4.69) is 36.2 Å². The Kier molecular flexibility index (Phi) is 6.52. The second-order valence-electron chi connectivity index (χ2n) is 5.84. The molecule has 1 rings (SSSR count). The number of amides is 1. The second-order valence-corrected chi connectivity index (χ2v) is 5.84. The van der Waals surface area contributed by atoms with E-state index < -0.39 is 0 Å². The monoisotopic (exact) mass is 277 g/mol. The summed E-state index contributed by atoms with van der Waals surface area (Å²) in [6, 6.07) is 8.18. The van der Waals surface area contributed by atoms with Crippen LogP contribution in [0.4, 0.5) is 5.69 Å². The summed E-state index contributed by atoms with van der Waals surface area (Å²) in [7, 11) is 4.02. The number of nitrogens with one attached hydrogen (secondary N) is 1. The van der Waals surface area contributed by atoms with Gasteiger partial charge in [-0.2, -0.15) is 0 Å². The highest BCUT2D eigenvalue weighted by Crippen LogP contribution is 2.13. The molecule has 0 saturated carbocycles. The zero-order valence-corrected chi connectivity index (χ0v) is 13.0. The molecule has 0 aliphatic rings. The third kappa shape index (κ3) is 5.21. The highest BCUT2D eigenvalue weighted by atomic mass is 16.1. The summed E-state index contributed by atoms with van der Waals surface area (Å²) >= 11 is 0. The Hall–Kier alpha value is -1.55. The average Bonchev–Trinajstić information content (AvgIpc) is 2.42. The lowest BCUT2D eigenvalue weighted by Gasteiger charge is -2.17. The van der Waals surface area contributed by atoms with Gasteiger partial charge in [0, 0.05) is 32.9 Å². The van der Waals surface area contributed by atoms with Crippen LogP contribution < -0.4 is 16.0 Å². The normalized spacial score (nSPS) is 12.3. The topological polar surface area (TPSA) is 58.4 Å². The first-order valence-electron chi connectivity index (χ1n) is 7.18. The number of nitrogens with zero attached hydrogens (tertiary/aromatic N) is 1. The maximum absolute atomic E-state index is 12.1. The first-order chi connectivity index (χ1) is 9.43. The van der Waals surface area contributed by atoms with Crippen molar-refractivity contribution in [2.75, 3.05) is 25.5 Å². The Labute approximate surface area is 122 Å². The Morgan fingerprint density at radius 3 is 2.30 bits per heavy atom. The van der Waals surface area contributed by atoms with Crippen LogP contribution in [0.15, 0.2) is 24.3 Å². The number of carbonyl (C=O) groups is 1. The van der Waals surface area contributed by atoms with Crippen molar-refractivity contribution in [3.8, 4) is 0 Å². The van der Waals surface area contributed by atoms with Crippen molar-refractivity contribution in [1.29, 1.82) is 0 Å². The minimum atomic E-state index is -0.0870. The van der Waals surface area contributed by atoms with E-state index in [0.29, 0.717) is 19.0 Å². The molecule has 0 spiro atoms. The Morgan fingerprint density at radius 2 is 1.85 bits per heavy atom. The SMILES string of the molecule is CC(C)CC(CN)C(=O)NCc1ccc(N(C)C)cc1. The lowest BCUT2D eigenvalue weighted by molar-refractivity contribution is -0.125. The predicted octanol–water partition coefficient (Wildman–Crippen LogP) is 1.99. The molecule has 1 aromatic rings. The fraction of sp³-hybridized carbons (Fsp3) is 0.562. The third-order valence-electron chi connectivity index (χ3n) is 3.33. The molecule has 0 fully saturated rings. The van der Waals surface area contributed by atoms with E-state index >= 15 is 0 Å². The van der Waals surface area contributed by atoms with Crippen LogP contribution in [0, 0.1) is 11.8 Å². The smallest absolute Gasteiger partial charge is 0.224 e. The van der Waals surface area contributed by atoms with Crippen molar-refractivity contribution in [2.24, 2.45) is 17.6 Å². The lowest BCUT2D eigenvalue weighted by atomic mass is 9.96. The van der Waals surface area contributed by atoms with Crippen LogP contribution in [0.5, 0.6) is 0 Å². The van der Waals surface area contributed by atoms with Gasteiger partial charge in [0.25, 0.3) is 0 Å². The zero-order valence-electron chi connectivity index (χ0n) is 13.0. The van der Waals surface area contributed by atoms with Gasteiger partial charge in [-0.15, -0.1) is 0 Å². The van der Waals surface area contributed by atoms with Crippen molar-refractivity contribution >= 4 is 11.6 Å². The maximum Gasteiger partial charge on any atom is 0.224 e. The van der Waals surface area contributed by atoms with Crippen molar-refractivity contribution in [3.63, 3.8) is 0 Å². The van der Waals surface area contributed by atoms with Gasteiger partial charge in [0.05, 0.1) is 5.92 Å². The molecule has 0 bridgehead atoms. The van der Waals surface area contributed by atoms with Gasteiger partial charge in [-0.1, -0.05) is 26.0 Å². The second kappa shape index (κ2) is 7.90. The largest absolute Gasteiger partial charge is 0.378 e. The molecule has 0 aromatic heterocycles. The molecule has 4 heteroatoms. The number of nitrogens with two attached hydrogens (primary N) is 1. The number of rotatable bonds is 7. The van der Waals surface area contributed by atoms with Gasteiger partial charge >= 0.3 is 0 Å². The molecule has 20 heavy (non-hydrogen) atoms. The van der Waals surface area contributed by atoms with E-state index in [4.69, 9.17) is 5.73 Å². The molecule has 1 amide bonds. The highest BCUT2D eigenvalue weighted by Gasteiger charge is 2.17. The summed E-state index contributed by atoms with van der Waals surface area (Å²) < 4.78 is 0. The fourth-order valence-corrected chi connectivity index (χ4v) is 2.12. The van der Waals surface area contributed by atoms with Crippen LogP contribution >= 0.6 is 0 Å². The van der Waals surface area contributed by atoms with Gasteiger partial charge in [0.15, 0.2) is 0 Å². The number of carbonyl (C=O) groups excluding carboxylic acids is 1. The molecule has 3 N–H and O–H groups in total. The summed E-state index contributed by atoms with van der Waals surface area (Å²) in [6.07, 6.45) is 0.835. The summed E-state index contributed by atoms with van der Waals surface area (Å²) in [4.78, 5) is 14.1. The third-order valence-corrected chi connectivity index (χ3v) is 3.33. The van der Waals surface area contributed by atoms with Gasteiger partial charge in [0.1, 0.15) is 0 Å². The van der Waals surface area contributed by atoms with Crippen LogP contribution in [-0.4, -0.2) is 26.5 Å². The first-order valence-corrected chi connectivity index (χ1v) is 7.18. The standard InChI is InChI=1S/C16H27N3O/c1-12(2)9-14(10-17)16(20)18-11-13-5-7-15(8-6-13)19(3)4/h5-8,12,14H,9-11,17H2,1-4H3,(H,18,20). The quantitative estimate of drug-likeness (QED) is 0.801. The molecule has 0 radical (unpaired) electrons. The van der Waals surface area contributed by atoms with Crippen LogP contribution in [0.2, 0.25) is 0 Å². The molecular formula is C16H27N3O. The molecule has 1 unspecified atom stereocenters. The minimum Gasteiger partial charge on any atom is -0.378 e. The Morgan fingerprint density at radius 1 is 1.25 bits per heavy atom. The Balaban J connectivity index is 2.51. The van der Waals surface area contributed by atoms with E-state index in [-0.39, 0.29) is 11.8 Å². The predicted molar refractivity (Wildman–Crippen MR) is 84.6 cm³/mol. The molecule has 0 saturated heterocycles. The summed E-state index contributed by atoms with van der Waals surface area (Å²) in [5.74, 6) is 0.447. The van der Waals surface area contributed by atoms with Crippen molar-refractivity contribution in [1.82, 2.24) is 5.32 Å². The van der Waals surface area contributed by atoms with Crippen LogP contribution in [0.25, 0.3) is 0 Å². The van der Waals surface area contributed by atoms with Gasteiger partial charge in [-0.05, 0) is 30.0 Å². The number of anilines is 1. The van der Waals surface area contributed by atoms with E-state index in [9.17, 15) is 4.79 Å². The molecule has 0 aliphatic carbocycles. The van der Waals surface area contributed by atoms with Crippen molar-refractivity contribution < 1.29 is 4.79 Å². The number of hydrogen-bond acceptors (Lipinski definition) is 3. The minimum absolute atomic E-state index is 0.0536. The highest BCUT2D eigenvalue weighted by molar-refractivity contribution is 5.78. The van der Waals surface area contributed by atoms with Gasteiger partial charge in [-0.3, -0.25) is 4.79 Å². The lowest BCUT2D eigenvalue weighted by Crippen LogP contribution is -2.35. The van der Waals surface area contributed by atoms with Crippen LogP contribution in [0.3, 0.4) is 0 Å². The Bertz CT molecular complexity index is 412. The molecule has 0 heterocycles. The molecular weight excluding hydrogens is 250 g/mol. The number of hydrogen-bond donors (Lipinski definition) is 2. The number of benzene rings is 1. The molecule has 112 valence electrons. The maximum atomic E-state index is 12.1.